The highest BCUT2D eigenvalue weighted by Crippen LogP contribution is 2.22. The molecular weight excluding hydrogens is 290 g/mol. The van der Waals surface area contributed by atoms with Gasteiger partial charge in [0.15, 0.2) is 6.29 Å². The molecule has 1 amide bonds. The molecule has 1 unspecified atom stereocenters. The molecule has 0 fully saturated rings. The first kappa shape index (κ1) is 18.0. The summed E-state index contributed by atoms with van der Waals surface area (Å²) in [5, 5.41) is 2.87. The van der Waals surface area contributed by atoms with Crippen molar-refractivity contribution < 1.29 is 19.0 Å². The van der Waals surface area contributed by atoms with Crippen molar-refractivity contribution in [1.82, 2.24) is 5.32 Å². The van der Waals surface area contributed by atoms with Crippen molar-refractivity contribution in [3.8, 4) is 0 Å². The lowest BCUT2D eigenvalue weighted by Crippen LogP contribution is -2.36. The Balaban J connectivity index is 2.44. The van der Waals surface area contributed by atoms with Crippen molar-refractivity contribution in [1.29, 1.82) is 0 Å². The zero-order valence-electron chi connectivity index (χ0n) is 12.9. The lowest BCUT2D eigenvalue weighted by molar-refractivity contribution is -0.119. The van der Waals surface area contributed by atoms with Crippen LogP contribution in [-0.2, 0) is 19.0 Å². The van der Waals surface area contributed by atoms with Gasteiger partial charge in [0.1, 0.15) is 0 Å². The third kappa shape index (κ3) is 6.48. The first-order valence-corrected chi connectivity index (χ1v) is 7.66. The zero-order valence-corrected chi connectivity index (χ0v) is 13.7. The predicted molar refractivity (Wildman–Crippen MR) is 83.4 cm³/mol. The molecular formula is C15H23NO4S. The highest BCUT2D eigenvalue weighted by Gasteiger charge is 2.10. The molecule has 1 aromatic carbocycles. The molecule has 0 saturated carbocycles. The predicted octanol–water partition coefficient (Wildman–Crippen LogP) is 2.22. The molecule has 0 aliphatic heterocycles. The molecule has 0 heterocycles. The van der Waals surface area contributed by atoms with Crippen LogP contribution >= 0.6 is 11.8 Å². The molecule has 21 heavy (non-hydrogen) atoms. The van der Waals surface area contributed by atoms with E-state index in [1.165, 1.54) is 11.8 Å². The Kier molecular flexibility index (Phi) is 8.37. The third-order valence-corrected chi connectivity index (χ3v) is 3.79. The summed E-state index contributed by atoms with van der Waals surface area (Å²) in [6, 6.07) is 7.81. The topological polar surface area (TPSA) is 56.8 Å². The van der Waals surface area contributed by atoms with E-state index in [1.54, 1.807) is 21.3 Å². The number of hydrogen-bond donors (Lipinski definition) is 1. The smallest absolute Gasteiger partial charge is 0.230 e. The van der Waals surface area contributed by atoms with Crippen LogP contribution in [0.1, 0.15) is 18.8 Å². The van der Waals surface area contributed by atoms with E-state index in [4.69, 9.17) is 14.2 Å². The normalized spacial score (nSPS) is 12.4. The second-order valence-corrected chi connectivity index (χ2v) is 5.63. The molecule has 0 radical (unpaired) electrons. The molecule has 0 bridgehead atoms. The van der Waals surface area contributed by atoms with Crippen LogP contribution < -0.4 is 5.32 Å². The van der Waals surface area contributed by atoms with Crippen molar-refractivity contribution in [3.63, 3.8) is 0 Å². The lowest BCUT2D eigenvalue weighted by atomic mass is 10.2. The van der Waals surface area contributed by atoms with Crippen LogP contribution in [0, 0.1) is 0 Å². The number of ether oxygens (including phenoxy) is 3. The van der Waals surface area contributed by atoms with Crippen LogP contribution in [-0.4, -0.2) is 45.6 Å². The molecule has 0 spiro atoms. The van der Waals surface area contributed by atoms with Gasteiger partial charge in [0.2, 0.25) is 5.91 Å². The van der Waals surface area contributed by atoms with Gasteiger partial charge in [-0.05, 0) is 19.1 Å². The second-order valence-electron chi connectivity index (χ2n) is 4.58. The van der Waals surface area contributed by atoms with Crippen molar-refractivity contribution >= 4 is 17.7 Å². The SMILES string of the molecule is COCC(C)NC(=O)CSc1ccc(C(OC)OC)cc1. The minimum absolute atomic E-state index is 0.000265. The van der Waals surface area contributed by atoms with Crippen LogP contribution in [0.15, 0.2) is 29.2 Å². The van der Waals surface area contributed by atoms with E-state index in [0.29, 0.717) is 12.4 Å². The first-order chi connectivity index (χ1) is 10.1. The Morgan fingerprint density at radius 3 is 2.33 bits per heavy atom. The molecule has 118 valence electrons. The van der Waals surface area contributed by atoms with Crippen LogP contribution in [0.25, 0.3) is 0 Å². The maximum atomic E-state index is 11.7. The third-order valence-electron chi connectivity index (χ3n) is 2.77. The number of nitrogens with one attached hydrogen (secondary N) is 1. The second kappa shape index (κ2) is 9.78. The van der Waals surface area contributed by atoms with Crippen molar-refractivity contribution in [2.24, 2.45) is 0 Å². The fraction of sp³-hybridized carbons (Fsp3) is 0.533. The Morgan fingerprint density at radius 2 is 1.81 bits per heavy atom. The van der Waals surface area contributed by atoms with Gasteiger partial charge in [0.25, 0.3) is 0 Å². The van der Waals surface area contributed by atoms with Gasteiger partial charge in [-0.1, -0.05) is 12.1 Å². The van der Waals surface area contributed by atoms with Crippen molar-refractivity contribution in [2.45, 2.75) is 24.2 Å². The Bertz CT molecular complexity index is 420. The number of carbonyl (C=O) groups excluding carboxylic acids is 1. The number of hydrogen-bond acceptors (Lipinski definition) is 5. The average Bonchev–Trinajstić information content (AvgIpc) is 2.48. The average molecular weight is 313 g/mol. The molecule has 1 rings (SSSR count). The summed E-state index contributed by atoms with van der Waals surface area (Å²) in [6.45, 7) is 2.43. The maximum absolute atomic E-state index is 11.7. The molecule has 1 aromatic rings. The van der Waals surface area contributed by atoms with Gasteiger partial charge in [-0.25, -0.2) is 0 Å². The zero-order chi connectivity index (χ0) is 15.7. The molecule has 0 aliphatic carbocycles. The first-order valence-electron chi connectivity index (χ1n) is 6.67. The minimum atomic E-state index is -0.359. The molecule has 1 atom stereocenters. The van der Waals surface area contributed by atoms with E-state index < -0.39 is 0 Å². The lowest BCUT2D eigenvalue weighted by Gasteiger charge is -2.14. The fourth-order valence-corrected chi connectivity index (χ4v) is 2.56. The summed E-state index contributed by atoms with van der Waals surface area (Å²) < 4.78 is 15.3. The largest absolute Gasteiger partial charge is 0.383 e. The van der Waals surface area contributed by atoms with E-state index in [9.17, 15) is 4.79 Å². The van der Waals surface area contributed by atoms with E-state index in [-0.39, 0.29) is 18.2 Å². The summed E-state index contributed by atoms with van der Waals surface area (Å²) in [5.74, 6) is 0.381. The molecule has 0 aliphatic rings. The number of carbonyl (C=O) groups is 1. The number of methoxy groups -OCH3 is 3. The molecule has 0 saturated heterocycles. The van der Waals surface area contributed by atoms with Gasteiger partial charge in [-0.2, -0.15) is 0 Å². The van der Waals surface area contributed by atoms with Gasteiger partial charge in [0.05, 0.1) is 12.4 Å². The number of thioether (sulfide) groups is 1. The summed E-state index contributed by atoms with van der Waals surface area (Å²) in [7, 11) is 4.82. The van der Waals surface area contributed by atoms with E-state index in [2.05, 4.69) is 5.32 Å². The van der Waals surface area contributed by atoms with Crippen LogP contribution in [0.4, 0.5) is 0 Å². The molecule has 1 N–H and O–H groups in total. The molecule has 0 aromatic heterocycles. The summed E-state index contributed by atoms with van der Waals surface area (Å²) in [4.78, 5) is 12.8. The number of benzene rings is 1. The molecule has 6 heteroatoms. The van der Waals surface area contributed by atoms with Crippen molar-refractivity contribution in [2.75, 3.05) is 33.7 Å². The quantitative estimate of drug-likeness (QED) is 0.559. The highest BCUT2D eigenvalue weighted by atomic mass is 32.2. The number of amides is 1. The van der Waals surface area contributed by atoms with Crippen LogP contribution in [0.3, 0.4) is 0 Å². The summed E-state index contributed by atoms with van der Waals surface area (Å²) in [6.07, 6.45) is -0.359. The summed E-state index contributed by atoms with van der Waals surface area (Å²) in [5.41, 5.74) is 0.947. The van der Waals surface area contributed by atoms with Gasteiger partial charge >= 0.3 is 0 Å². The fourth-order valence-electron chi connectivity index (χ4n) is 1.85. The maximum Gasteiger partial charge on any atom is 0.230 e. The van der Waals surface area contributed by atoms with E-state index in [0.717, 1.165) is 10.5 Å². The van der Waals surface area contributed by atoms with Gasteiger partial charge in [0, 0.05) is 37.8 Å². The standard InChI is InChI=1S/C15H23NO4S/c1-11(9-18-2)16-14(17)10-21-13-7-5-12(6-8-13)15(19-3)20-4/h5-8,11,15H,9-10H2,1-4H3,(H,16,17). The monoisotopic (exact) mass is 313 g/mol. The minimum Gasteiger partial charge on any atom is -0.383 e. The van der Waals surface area contributed by atoms with E-state index in [1.807, 2.05) is 31.2 Å². The van der Waals surface area contributed by atoms with E-state index >= 15 is 0 Å². The van der Waals surface area contributed by atoms with Gasteiger partial charge in [-0.3, -0.25) is 4.79 Å². The Labute approximate surface area is 130 Å². The van der Waals surface area contributed by atoms with Crippen LogP contribution in [0.5, 0.6) is 0 Å². The van der Waals surface area contributed by atoms with Crippen LogP contribution in [0.2, 0.25) is 0 Å². The van der Waals surface area contributed by atoms with Crippen molar-refractivity contribution in [3.05, 3.63) is 29.8 Å². The number of rotatable bonds is 9. The summed E-state index contributed by atoms with van der Waals surface area (Å²) >= 11 is 1.49. The Morgan fingerprint density at radius 1 is 1.19 bits per heavy atom. The van der Waals surface area contributed by atoms with Gasteiger partial charge in [-0.15, -0.1) is 11.8 Å². The van der Waals surface area contributed by atoms with Gasteiger partial charge < -0.3 is 19.5 Å². The Hall–Kier alpha value is -1.08. The molecule has 5 nitrogen and oxygen atoms in total. The highest BCUT2D eigenvalue weighted by molar-refractivity contribution is 8.00.